The minimum Gasteiger partial charge on any atom is -0.351 e. The SMILES string of the molecule is CCN(c1ccccc1)S(=O)(=O)c1ccc(Cl)c(C(=O)NCCc2nc(C)no2)c1. The first kappa shape index (κ1) is 21.8. The number of amides is 1. The summed E-state index contributed by atoms with van der Waals surface area (Å²) in [6.45, 7) is 3.92. The minimum absolute atomic E-state index is 0.0183. The van der Waals surface area contributed by atoms with Gasteiger partial charge in [0.15, 0.2) is 5.82 Å². The summed E-state index contributed by atoms with van der Waals surface area (Å²) in [6.07, 6.45) is 0.347. The molecule has 30 heavy (non-hydrogen) atoms. The first-order valence-corrected chi connectivity index (χ1v) is 11.1. The minimum atomic E-state index is -3.88. The summed E-state index contributed by atoms with van der Waals surface area (Å²) >= 11 is 6.16. The van der Waals surface area contributed by atoms with Crippen LogP contribution in [0.4, 0.5) is 5.69 Å². The monoisotopic (exact) mass is 448 g/mol. The van der Waals surface area contributed by atoms with Crippen LogP contribution in [0.2, 0.25) is 5.02 Å². The number of nitrogens with one attached hydrogen (secondary N) is 1. The topological polar surface area (TPSA) is 105 Å². The van der Waals surface area contributed by atoms with Gasteiger partial charge in [-0.05, 0) is 44.2 Å². The molecule has 0 aliphatic heterocycles. The van der Waals surface area contributed by atoms with E-state index in [9.17, 15) is 13.2 Å². The third kappa shape index (κ3) is 4.80. The summed E-state index contributed by atoms with van der Waals surface area (Å²) in [5, 5.41) is 6.53. The van der Waals surface area contributed by atoms with Crippen molar-refractivity contribution in [1.82, 2.24) is 15.5 Å². The van der Waals surface area contributed by atoms with Crippen LogP contribution in [0.1, 0.15) is 29.0 Å². The average molecular weight is 449 g/mol. The number of anilines is 1. The predicted molar refractivity (Wildman–Crippen MR) is 113 cm³/mol. The van der Waals surface area contributed by atoms with E-state index in [0.717, 1.165) is 0 Å². The molecule has 1 N–H and O–H groups in total. The smallest absolute Gasteiger partial charge is 0.264 e. The third-order valence-corrected chi connectivity index (χ3v) is 6.52. The molecule has 158 valence electrons. The molecule has 1 aromatic heterocycles. The van der Waals surface area contributed by atoms with Crippen molar-refractivity contribution in [2.24, 2.45) is 0 Å². The second-order valence-corrected chi connectivity index (χ2v) is 8.66. The van der Waals surface area contributed by atoms with Crippen molar-refractivity contribution in [1.29, 1.82) is 0 Å². The van der Waals surface area contributed by atoms with E-state index in [1.165, 1.54) is 22.5 Å². The average Bonchev–Trinajstić information content (AvgIpc) is 3.14. The zero-order valence-corrected chi connectivity index (χ0v) is 18.1. The number of para-hydroxylation sites is 1. The van der Waals surface area contributed by atoms with E-state index in [-0.39, 0.29) is 28.6 Å². The lowest BCUT2D eigenvalue weighted by molar-refractivity contribution is 0.0953. The van der Waals surface area contributed by atoms with E-state index in [2.05, 4.69) is 15.5 Å². The number of rotatable bonds is 8. The number of hydrogen-bond acceptors (Lipinski definition) is 6. The fraction of sp³-hybridized carbons (Fsp3) is 0.250. The second kappa shape index (κ2) is 9.27. The van der Waals surface area contributed by atoms with Crippen LogP contribution in [0, 0.1) is 6.92 Å². The molecule has 2 aromatic carbocycles. The van der Waals surface area contributed by atoms with Gasteiger partial charge < -0.3 is 9.84 Å². The van der Waals surface area contributed by atoms with Crippen LogP contribution in [0.25, 0.3) is 0 Å². The normalized spacial score (nSPS) is 11.3. The van der Waals surface area contributed by atoms with Gasteiger partial charge in [-0.3, -0.25) is 9.10 Å². The number of nitrogens with zero attached hydrogens (tertiary/aromatic N) is 3. The molecule has 3 aromatic rings. The molecule has 0 fully saturated rings. The second-order valence-electron chi connectivity index (χ2n) is 6.39. The van der Waals surface area contributed by atoms with E-state index < -0.39 is 15.9 Å². The van der Waals surface area contributed by atoms with Crippen LogP contribution in [-0.4, -0.2) is 37.6 Å². The zero-order chi connectivity index (χ0) is 21.7. The van der Waals surface area contributed by atoms with E-state index in [1.54, 1.807) is 38.1 Å². The molecule has 8 nitrogen and oxygen atoms in total. The molecule has 1 heterocycles. The van der Waals surface area contributed by atoms with Crippen molar-refractivity contribution in [3.8, 4) is 0 Å². The number of sulfonamides is 1. The molecule has 0 unspecified atom stereocenters. The van der Waals surface area contributed by atoms with E-state index >= 15 is 0 Å². The standard InChI is InChI=1S/C20H21ClN4O4S/c1-3-25(15-7-5-4-6-8-15)30(27,28)16-9-10-18(21)17(13-16)20(26)22-12-11-19-23-14(2)24-29-19/h4-10,13H,3,11-12H2,1-2H3,(H,22,26). The Hall–Kier alpha value is -2.91. The lowest BCUT2D eigenvalue weighted by Gasteiger charge is -2.23. The molecule has 0 aliphatic carbocycles. The lowest BCUT2D eigenvalue weighted by atomic mass is 10.2. The van der Waals surface area contributed by atoms with Gasteiger partial charge in [-0.1, -0.05) is 35.0 Å². The van der Waals surface area contributed by atoms with Crippen molar-refractivity contribution >= 4 is 33.2 Å². The molecular weight excluding hydrogens is 428 g/mol. The quantitative estimate of drug-likeness (QED) is 0.567. The van der Waals surface area contributed by atoms with Crippen molar-refractivity contribution in [3.63, 3.8) is 0 Å². The number of hydrogen-bond donors (Lipinski definition) is 1. The fourth-order valence-electron chi connectivity index (χ4n) is 2.87. The number of halogens is 1. The largest absolute Gasteiger partial charge is 0.351 e. The first-order chi connectivity index (χ1) is 14.3. The Bertz CT molecular complexity index is 1130. The Morgan fingerprint density at radius 1 is 1.20 bits per heavy atom. The van der Waals surface area contributed by atoms with Gasteiger partial charge in [0.25, 0.3) is 15.9 Å². The molecule has 1 amide bonds. The highest BCUT2D eigenvalue weighted by Crippen LogP contribution is 2.26. The summed E-state index contributed by atoms with van der Waals surface area (Å²) in [4.78, 5) is 16.6. The van der Waals surface area contributed by atoms with Crippen LogP contribution < -0.4 is 9.62 Å². The summed E-state index contributed by atoms with van der Waals surface area (Å²) in [5.41, 5.74) is 0.611. The molecule has 0 atom stereocenters. The van der Waals surface area contributed by atoms with Gasteiger partial charge in [0.2, 0.25) is 5.89 Å². The Morgan fingerprint density at radius 2 is 1.93 bits per heavy atom. The zero-order valence-electron chi connectivity index (χ0n) is 16.5. The number of aryl methyl sites for hydroxylation is 1. The summed E-state index contributed by atoms with van der Waals surface area (Å²) in [7, 11) is -3.88. The highest BCUT2D eigenvalue weighted by Gasteiger charge is 2.25. The van der Waals surface area contributed by atoms with Crippen molar-refractivity contribution in [2.75, 3.05) is 17.4 Å². The molecule has 0 bridgehead atoms. The molecule has 10 heteroatoms. The Kier molecular flexibility index (Phi) is 6.73. The van der Waals surface area contributed by atoms with Gasteiger partial charge in [0.1, 0.15) is 0 Å². The van der Waals surface area contributed by atoms with Gasteiger partial charge in [0, 0.05) is 19.5 Å². The third-order valence-electron chi connectivity index (χ3n) is 4.30. The Balaban J connectivity index is 1.80. The predicted octanol–water partition coefficient (Wildman–Crippen LogP) is 3.22. The summed E-state index contributed by atoms with van der Waals surface area (Å²) < 4.78 is 32.6. The Morgan fingerprint density at radius 3 is 2.57 bits per heavy atom. The van der Waals surface area contributed by atoms with Crippen molar-refractivity contribution < 1.29 is 17.7 Å². The highest BCUT2D eigenvalue weighted by atomic mass is 35.5. The number of aromatic nitrogens is 2. The van der Waals surface area contributed by atoms with Crippen LogP contribution in [-0.2, 0) is 16.4 Å². The van der Waals surface area contributed by atoms with Gasteiger partial charge >= 0.3 is 0 Å². The van der Waals surface area contributed by atoms with Gasteiger partial charge in [-0.25, -0.2) is 8.42 Å². The molecule has 3 rings (SSSR count). The van der Waals surface area contributed by atoms with Gasteiger partial charge in [-0.2, -0.15) is 4.98 Å². The Labute approximate surface area is 179 Å². The van der Waals surface area contributed by atoms with Crippen LogP contribution >= 0.6 is 11.6 Å². The molecule has 0 spiro atoms. The number of carbonyl (C=O) groups excluding carboxylic acids is 1. The first-order valence-electron chi connectivity index (χ1n) is 9.27. The van der Waals surface area contributed by atoms with Gasteiger partial charge in [0.05, 0.1) is 21.2 Å². The van der Waals surface area contributed by atoms with Gasteiger partial charge in [-0.15, -0.1) is 0 Å². The molecule has 0 saturated carbocycles. The summed E-state index contributed by atoms with van der Waals surface area (Å²) in [5.74, 6) is 0.420. The molecule has 0 aliphatic rings. The molecule has 0 radical (unpaired) electrons. The molecular formula is C20H21ClN4O4S. The fourth-order valence-corrected chi connectivity index (χ4v) is 4.58. The van der Waals surface area contributed by atoms with Crippen molar-refractivity contribution in [3.05, 3.63) is 70.8 Å². The van der Waals surface area contributed by atoms with E-state index in [1.807, 2.05) is 6.07 Å². The maximum Gasteiger partial charge on any atom is 0.264 e. The van der Waals surface area contributed by atoms with E-state index in [0.29, 0.717) is 23.8 Å². The highest BCUT2D eigenvalue weighted by molar-refractivity contribution is 7.92. The number of carbonyl (C=O) groups is 1. The van der Waals surface area contributed by atoms with Crippen LogP contribution in [0.15, 0.2) is 57.9 Å². The number of benzene rings is 2. The van der Waals surface area contributed by atoms with Crippen LogP contribution in [0.3, 0.4) is 0 Å². The van der Waals surface area contributed by atoms with Crippen molar-refractivity contribution in [2.45, 2.75) is 25.2 Å². The maximum atomic E-state index is 13.2. The van der Waals surface area contributed by atoms with E-state index in [4.69, 9.17) is 16.1 Å². The summed E-state index contributed by atoms with van der Waals surface area (Å²) in [6, 6.07) is 12.8. The molecule has 0 saturated heterocycles. The maximum absolute atomic E-state index is 13.2. The van der Waals surface area contributed by atoms with Crippen LogP contribution in [0.5, 0.6) is 0 Å². The lowest BCUT2D eigenvalue weighted by Crippen LogP contribution is -2.31.